The van der Waals surface area contributed by atoms with Gasteiger partial charge in [-0.15, -0.1) is 10.2 Å². The zero-order chi connectivity index (χ0) is 64.4. The summed E-state index contributed by atoms with van der Waals surface area (Å²) in [4.78, 5) is 15.6. The molecule has 4 heterocycles. The molecule has 6 aromatic rings. The third kappa shape index (κ3) is 14.9. The molecule has 2 aliphatic heterocycles. The molecule has 0 spiro atoms. The topological polar surface area (TPSA) is 460 Å². The predicted molar refractivity (Wildman–Crippen MR) is 319 cm³/mol. The summed E-state index contributed by atoms with van der Waals surface area (Å²) in [6, 6.07) is 12.1. The van der Waals surface area contributed by atoms with Crippen LogP contribution in [-0.4, -0.2) is 142 Å². The number of aromatic nitrogens is 3. The Labute approximate surface area is 504 Å². The lowest BCUT2D eigenvalue weighted by Gasteiger charge is -2.27. The van der Waals surface area contributed by atoms with Crippen molar-refractivity contribution in [2.24, 2.45) is 5.14 Å². The number of nitrogens with zero attached hydrogens (tertiary/aromatic N) is 5. The van der Waals surface area contributed by atoms with Crippen LogP contribution in [0.2, 0.25) is 0 Å². The van der Waals surface area contributed by atoms with Gasteiger partial charge in [-0.25, -0.2) is 13.6 Å². The molecule has 0 radical (unpaired) electrons. The summed E-state index contributed by atoms with van der Waals surface area (Å²) in [5, 5.41) is 14.2. The lowest BCUT2D eigenvalue weighted by molar-refractivity contribution is -0.437. The van der Waals surface area contributed by atoms with Gasteiger partial charge >= 0.3 is 0 Å². The van der Waals surface area contributed by atoms with Crippen molar-refractivity contribution in [3.8, 4) is 0 Å². The summed E-state index contributed by atoms with van der Waals surface area (Å²) in [6.45, 7) is 6.44. The van der Waals surface area contributed by atoms with Crippen molar-refractivity contribution in [1.29, 1.82) is 0 Å². The second-order valence-electron chi connectivity index (χ2n) is 21.3. The minimum Gasteiger partial charge on any atom is -0.344 e. The van der Waals surface area contributed by atoms with E-state index < -0.39 is 123 Å². The molecule has 0 bridgehead atoms. The first kappa shape index (κ1) is 66.6. The van der Waals surface area contributed by atoms with Gasteiger partial charge < -0.3 is 10.2 Å². The number of anilines is 2. The molecule has 468 valence electrons. The van der Waals surface area contributed by atoms with Crippen LogP contribution in [0.15, 0.2) is 121 Å². The molecule has 0 fully saturated rings. The maximum atomic E-state index is 12.8. The first-order chi connectivity index (χ1) is 40.0. The second kappa shape index (κ2) is 23.9. The van der Waals surface area contributed by atoms with Gasteiger partial charge in [0.15, 0.2) is 5.71 Å². The average Bonchev–Trinajstić information content (AvgIpc) is 1.62. The summed E-state index contributed by atoms with van der Waals surface area (Å²) in [6.07, 6.45) is 8.81. The van der Waals surface area contributed by atoms with Crippen molar-refractivity contribution in [2.75, 3.05) is 34.8 Å². The fourth-order valence-corrected chi connectivity index (χ4v) is 15.8. The number of pyridine rings is 1. The summed E-state index contributed by atoms with van der Waals surface area (Å²) < 4.78 is 235. The zero-order valence-electron chi connectivity index (χ0n) is 46.1. The second-order valence-corrected chi connectivity index (χ2v) is 32.8. The maximum Gasteiger partial charge on any atom is 0.295 e. The van der Waals surface area contributed by atoms with Crippen LogP contribution in [0.3, 0.4) is 0 Å². The largest absolute Gasteiger partial charge is 0.344 e. The highest BCUT2D eigenvalue weighted by Gasteiger charge is 2.47. The Bertz CT molecular complexity index is 4830. The maximum absolute atomic E-state index is 12.8. The zero-order valence-corrected chi connectivity index (χ0v) is 52.6. The number of rotatable bonds is 23. The lowest BCUT2D eigenvalue weighted by atomic mass is 9.79. The van der Waals surface area contributed by atoms with Gasteiger partial charge in [-0.1, -0.05) is 43.4 Å². The number of benzene rings is 4. The molecule has 87 heavy (non-hydrogen) atoms. The SMILES string of the molecule is CC1(C)C(=CC=C(C=CC2=[N+](CCCS(=O)(=O)O)c3ccc4c(S(=O)(=O)O)cc(S(=O)(=O)O)cc4c3C2(C)C)c2ccc(CCCCC(=O)Nc3nnc(S(N)(=O)=O)s3)cn2)N(CCCS(=O)(=O)O)c2ccc3c(S(=O)(=O)O)cc(S(=O)(=O)O)cc3c21. The van der Waals surface area contributed by atoms with Crippen molar-refractivity contribution < 1.29 is 95.6 Å². The van der Waals surface area contributed by atoms with Gasteiger partial charge in [0, 0.05) is 76.4 Å². The predicted octanol–water partition coefficient (Wildman–Crippen LogP) is 5.48. The fourth-order valence-electron chi connectivity index (χ4n) is 10.8. The van der Waals surface area contributed by atoms with E-state index in [0.717, 1.165) is 12.1 Å². The van der Waals surface area contributed by atoms with Gasteiger partial charge in [0.1, 0.15) is 16.3 Å². The quantitative estimate of drug-likeness (QED) is 0.0129. The normalized spacial score (nSPS) is 16.4. The summed E-state index contributed by atoms with van der Waals surface area (Å²) >= 11 is 0.581. The molecule has 9 N–H and O–H groups in total. The highest BCUT2D eigenvalue weighted by Crippen LogP contribution is 2.52. The number of hydrogen-bond donors (Lipinski definition) is 8. The van der Waals surface area contributed by atoms with Crippen LogP contribution in [-0.2, 0) is 92.8 Å². The molecule has 0 saturated heterocycles. The number of sulfonamides is 1. The number of carbonyl (C=O) groups is 1. The highest BCUT2D eigenvalue weighted by atomic mass is 32.3. The minimum absolute atomic E-state index is 0.0133. The van der Waals surface area contributed by atoms with Crippen molar-refractivity contribution in [3.63, 3.8) is 0 Å². The van der Waals surface area contributed by atoms with Crippen molar-refractivity contribution in [2.45, 2.75) is 101 Å². The monoisotopic (exact) mass is 1360 g/mol. The third-order valence-corrected chi connectivity index (χ3v) is 21.7. The Hall–Kier alpha value is -6.36. The molecule has 28 nitrogen and oxygen atoms in total. The Morgan fingerprint density at radius 2 is 1.24 bits per heavy atom. The fraction of sp³-hybridized carbons (Fsp3) is 0.314. The molecule has 0 saturated carbocycles. The van der Waals surface area contributed by atoms with Crippen LogP contribution in [0.5, 0.6) is 0 Å². The van der Waals surface area contributed by atoms with Crippen LogP contribution >= 0.6 is 11.3 Å². The average molecular weight is 1360 g/mol. The summed E-state index contributed by atoms with van der Waals surface area (Å²) in [5.74, 6) is -1.91. The Morgan fingerprint density at radius 1 is 0.667 bits per heavy atom. The van der Waals surface area contributed by atoms with Gasteiger partial charge in [-0.3, -0.25) is 37.1 Å². The lowest BCUT2D eigenvalue weighted by Crippen LogP contribution is -2.28. The van der Waals surface area contributed by atoms with Crippen LogP contribution in [0.1, 0.15) is 82.2 Å². The molecule has 0 unspecified atom stereocenters. The van der Waals surface area contributed by atoms with E-state index in [1.807, 2.05) is 0 Å². The van der Waals surface area contributed by atoms with E-state index in [2.05, 4.69) is 15.5 Å². The summed E-state index contributed by atoms with van der Waals surface area (Å²) in [7, 11) is -33.8. The standard InChI is InChI=1S/C51H55N7O21S8/c1-50(2)43(57(21-7-23-81(60,61)62)39-17-14-34-36(46(39)50)25-32(84(68,69)70)27-41(34)86(74,75)76)19-12-31(38-16-11-30(29-53-38)9-5-6-10-45(59)54-48-55-56-49(80-48)83(52,66)67)13-20-44-51(3,4)47-37-26-33(85(71,72)73)28-42(87(77,78)79)35(37)15-18-40(47)58(44)22-8-24-82(63,64)65/h11-20,25-29H,5-10,21-24H2,1-4H3,(H8-,52,54,55,59,60,61,62,63,64,65,66,67,68,69,70,71,72,73,74,75,76,77,78,79)/p+1. The van der Waals surface area contributed by atoms with Gasteiger partial charge in [0.2, 0.25) is 21.1 Å². The van der Waals surface area contributed by atoms with Crippen molar-refractivity contribution in [1.82, 2.24) is 15.2 Å². The molecule has 8 rings (SSSR count). The Balaban J connectivity index is 1.28. The van der Waals surface area contributed by atoms with E-state index in [1.54, 1.807) is 79.8 Å². The van der Waals surface area contributed by atoms with Gasteiger partial charge in [-0.2, -0.15) is 55.1 Å². The van der Waals surface area contributed by atoms with E-state index in [1.165, 1.54) is 24.3 Å². The first-order valence-corrected chi connectivity index (χ1v) is 37.0. The number of primary sulfonamides is 1. The number of allylic oxidation sites excluding steroid dienone is 6. The molecular formula is C51H56N7O21S8+. The number of nitrogens with one attached hydrogen (secondary N) is 1. The molecule has 4 aromatic carbocycles. The number of unbranched alkanes of at least 4 members (excludes halogenated alkanes) is 1. The van der Waals surface area contributed by atoms with Gasteiger partial charge in [0.05, 0.1) is 32.4 Å². The van der Waals surface area contributed by atoms with Crippen LogP contribution in [0.4, 0.5) is 16.5 Å². The number of amides is 1. The van der Waals surface area contributed by atoms with Crippen molar-refractivity contribution >= 4 is 137 Å². The Kier molecular flexibility index (Phi) is 18.3. The van der Waals surface area contributed by atoms with Gasteiger partial charge in [0.25, 0.3) is 70.7 Å². The molecule has 2 aliphatic rings. The van der Waals surface area contributed by atoms with Crippen LogP contribution in [0.25, 0.3) is 27.1 Å². The summed E-state index contributed by atoms with van der Waals surface area (Å²) in [5.41, 5.74) is 0.516. The van der Waals surface area contributed by atoms with E-state index in [-0.39, 0.29) is 75.8 Å². The molecule has 0 atom stereocenters. The van der Waals surface area contributed by atoms with E-state index in [0.29, 0.717) is 76.7 Å². The first-order valence-electron chi connectivity index (χ1n) is 25.6. The molecule has 36 heteroatoms. The molecule has 0 aliphatic carbocycles. The number of carbonyl (C=O) groups excluding carboxylic acids is 1. The highest BCUT2D eigenvalue weighted by molar-refractivity contribution is 7.91. The van der Waals surface area contributed by atoms with Gasteiger partial charge in [-0.05, 0) is 116 Å². The van der Waals surface area contributed by atoms with E-state index in [9.17, 15) is 91.0 Å². The van der Waals surface area contributed by atoms with E-state index in [4.69, 9.17) is 10.1 Å². The molecule has 1 amide bonds. The smallest absolute Gasteiger partial charge is 0.295 e. The van der Waals surface area contributed by atoms with E-state index >= 15 is 0 Å². The third-order valence-electron chi connectivity index (χ3n) is 14.5. The number of aryl methyl sites for hydroxylation is 1. The van der Waals surface area contributed by atoms with Crippen molar-refractivity contribution in [3.05, 3.63) is 119 Å². The number of nitrogens with two attached hydrogens (primary N) is 1. The number of hydrogen-bond acceptors (Lipinski definition) is 20. The van der Waals surface area contributed by atoms with Crippen LogP contribution < -0.4 is 15.4 Å². The minimum atomic E-state index is -5.16. The number of fused-ring (bicyclic) bond motifs is 6. The molecule has 2 aromatic heterocycles. The van der Waals surface area contributed by atoms with Crippen LogP contribution in [0, 0.1) is 0 Å². The Morgan fingerprint density at radius 3 is 1.77 bits per heavy atom. The molecular weight excluding hydrogens is 1300 g/mol.